The second-order valence-electron chi connectivity index (χ2n) is 7.74. The summed E-state index contributed by atoms with van der Waals surface area (Å²) in [7, 11) is 0. The number of carboxylic acids is 1. The molecule has 0 unspecified atom stereocenters. The third-order valence-corrected chi connectivity index (χ3v) is 5.41. The first-order valence-electron chi connectivity index (χ1n) is 11.0. The van der Waals surface area contributed by atoms with Gasteiger partial charge in [0.1, 0.15) is 11.5 Å². The molecular formula is C27H23ClN2O5. The van der Waals surface area contributed by atoms with E-state index in [1.54, 1.807) is 36.5 Å². The Bertz CT molecular complexity index is 1340. The van der Waals surface area contributed by atoms with Gasteiger partial charge in [0, 0.05) is 18.1 Å². The molecule has 0 bridgehead atoms. The molecule has 1 amide bonds. The number of anilines is 1. The zero-order valence-electron chi connectivity index (χ0n) is 18.7. The molecule has 8 heteroatoms. The predicted molar refractivity (Wildman–Crippen MR) is 135 cm³/mol. The number of aromatic nitrogens is 1. The first kappa shape index (κ1) is 24.0. The number of para-hydroxylation sites is 1. The maximum absolute atomic E-state index is 12.4. The van der Waals surface area contributed by atoms with Crippen LogP contribution in [0.25, 0.3) is 10.8 Å². The van der Waals surface area contributed by atoms with Crippen molar-refractivity contribution in [1.82, 2.24) is 4.98 Å². The van der Waals surface area contributed by atoms with Gasteiger partial charge in [0.15, 0.2) is 0 Å². The van der Waals surface area contributed by atoms with Crippen molar-refractivity contribution in [2.24, 2.45) is 0 Å². The number of pyridine rings is 1. The lowest BCUT2D eigenvalue weighted by atomic mass is 10.1. The maximum atomic E-state index is 12.4. The van der Waals surface area contributed by atoms with Crippen LogP contribution in [-0.2, 0) is 11.2 Å². The number of nitrogens with zero attached hydrogens (tertiary/aromatic N) is 1. The Morgan fingerprint density at radius 1 is 0.943 bits per heavy atom. The standard InChI is InChI=1S/C27H23ClN2O5/c28-12-3-13-34-21-9-7-20-16-22(10-8-19(20)15-21)35-26-11-6-18(17-29-26)14-25(31)30-24-5-2-1-4-23(24)27(32)33/h1-2,4-11,15-17H,3,12-14H2,(H,30,31)(H,32,33). The molecule has 0 aliphatic carbocycles. The number of hydrogen-bond donors (Lipinski definition) is 2. The number of carboxylic acid groups (broad SMARTS) is 1. The fourth-order valence-corrected chi connectivity index (χ4v) is 3.56. The minimum atomic E-state index is -1.10. The van der Waals surface area contributed by atoms with E-state index in [1.807, 2.05) is 36.4 Å². The Labute approximate surface area is 207 Å². The molecule has 0 spiro atoms. The van der Waals surface area contributed by atoms with E-state index in [1.165, 1.54) is 6.07 Å². The number of amides is 1. The number of benzene rings is 3. The van der Waals surface area contributed by atoms with Crippen molar-refractivity contribution >= 4 is 39.9 Å². The Morgan fingerprint density at radius 2 is 1.69 bits per heavy atom. The quantitative estimate of drug-likeness (QED) is 0.212. The van der Waals surface area contributed by atoms with Crippen LogP contribution in [0.4, 0.5) is 5.69 Å². The van der Waals surface area contributed by atoms with Crippen LogP contribution < -0.4 is 14.8 Å². The number of halogens is 1. The van der Waals surface area contributed by atoms with Gasteiger partial charge in [0.25, 0.3) is 0 Å². The van der Waals surface area contributed by atoms with Crippen molar-refractivity contribution in [3.05, 3.63) is 90.1 Å². The maximum Gasteiger partial charge on any atom is 0.337 e. The average molecular weight is 491 g/mol. The highest BCUT2D eigenvalue weighted by Gasteiger charge is 2.12. The summed E-state index contributed by atoms with van der Waals surface area (Å²) in [5, 5.41) is 13.9. The molecule has 0 fully saturated rings. The van der Waals surface area contributed by atoms with Crippen LogP contribution in [-0.4, -0.2) is 34.5 Å². The Kier molecular flexibility index (Phi) is 7.80. The SMILES string of the molecule is O=C(Cc1ccc(Oc2ccc3cc(OCCCCl)ccc3c2)nc1)Nc1ccccc1C(=O)O. The molecule has 0 aliphatic heterocycles. The molecule has 35 heavy (non-hydrogen) atoms. The highest BCUT2D eigenvalue weighted by Crippen LogP contribution is 2.27. The lowest BCUT2D eigenvalue weighted by Crippen LogP contribution is -2.16. The van der Waals surface area contributed by atoms with Crippen molar-refractivity contribution in [1.29, 1.82) is 0 Å². The molecule has 0 saturated heterocycles. The number of aromatic carboxylic acids is 1. The lowest BCUT2D eigenvalue weighted by Gasteiger charge is -2.10. The largest absolute Gasteiger partial charge is 0.494 e. The summed E-state index contributed by atoms with van der Waals surface area (Å²) in [6, 6.07) is 21.3. The zero-order chi connectivity index (χ0) is 24.6. The van der Waals surface area contributed by atoms with E-state index in [2.05, 4.69) is 10.3 Å². The predicted octanol–water partition coefficient (Wildman–Crippen LogP) is 5.91. The van der Waals surface area contributed by atoms with Crippen molar-refractivity contribution in [2.75, 3.05) is 17.8 Å². The fourth-order valence-electron chi connectivity index (χ4n) is 3.45. The van der Waals surface area contributed by atoms with Crippen LogP contribution >= 0.6 is 11.6 Å². The molecule has 0 saturated carbocycles. The van der Waals surface area contributed by atoms with Crippen LogP contribution in [0, 0.1) is 0 Å². The monoisotopic (exact) mass is 490 g/mol. The first-order valence-corrected chi connectivity index (χ1v) is 11.5. The summed E-state index contributed by atoms with van der Waals surface area (Å²) in [5.41, 5.74) is 0.958. The molecule has 0 aliphatic rings. The number of fused-ring (bicyclic) bond motifs is 1. The average Bonchev–Trinajstić information content (AvgIpc) is 2.85. The fraction of sp³-hybridized carbons (Fsp3) is 0.148. The minimum Gasteiger partial charge on any atom is -0.494 e. The minimum absolute atomic E-state index is 0.0354. The normalized spacial score (nSPS) is 10.7. The van der Waals surface area contributed by atoms with Gasteiger partial charge in [0.2, 0.25) is 11.8 Å². The molecule has 2 N–H and O–H groups in total. The Balaban J connectivity index is 1.37. The van der Waals surface area contributed by atoms with E-state index in [0.717, 1.165) is 22.9 Å². The van der Waals surface area contributed by atoms with E-state index in [9.17, 15) is 14.7 Å². The summed E-state index contributed by atoms with van der Waals surface area (Å²) in [5.74, 6) is 0.951. The number of rotatable bonds is 10. The molecule has 0 radical (unpaired) electrons. The van der Waals surface area contributed by atoms with Gasteiger partial charge in [0.05, 0.1) is 24.3 Å². The number of alkyl halides is 1. The molecule has 3 aromatic carbocycles. The highest BCUT2D eigenvalue weighted by atomic mass is 35.5. The van der Waals surface area contributed by atoms with Gasteiger partial charge >= 0.3 is 5.97 Å². The third-order valence-electron chi connectivity index (χ3n) is 5.15. The number of carbonyl (C=O) groups excluding carboxylic acids is 1. The molecule has 4 rings (SSSR count). The molecule has 0 atom stereocenters. The molecule has 7 nitrogen and oxygen atoms in total. The molecule has 1 aromatic heterocycles. The lowest BCUT2D eigenvalue weighted by molar-refractivity contribution is -0.115. The van der Waals surface area contributed by atoms with Crippen LogP contribution in [0.3, 0.4) is 0 Å². The van der Waals surface area contributed by atoms with Gasteiger partial charge in [-0.15, -0.1) is 11.6 Å². The van der Waals surface area contributed by atoms with Crippen LogP contribution in [0.5, 0.6) is 17.4 Å². The summed E-state index contributed by atoms with van der Waals surface area (Å²) >= 11 is 5.69. The second kappa shape index (κ2) is 11.4. The summed E-state index contributed by atoms with van der Waals surface area (Å²) in [6.07, 6.45) is 2.40. The highest BCUT2D eigenvalue weighted by molar-refractivity contribution is 6.17. The van der Waals surface area contributed by atoms with Crippen LogP contribution in [0.2, 0.25) is 0 Å². The summed E-state index contributed by atoms with van der Waals surface area (Å²) < 4.78 is 11.6. The van der Waals surface area contributed by atoms with Gasteiger partial charge in [-0.3, -0.25) is 4.79 Å². The second-order valence-corrected chi connectivity index (χ2v) is 8.12. The zero-order valence-corrected chi connectivity index (χ0v) is 19.5. The van der Waals surface area contributed by atoms with Crippen molar-refractivity contribution < 1.29 is 24.2 Å². The van der Waals surface area contributed by atoms with E-state index in [-0.39, 0.29) is 23.6 Å². The van der Waals surface area contributed by atoms with E-state index >= 15 is 0 Å². The van der Waals surface area contributed by atoms with Crippen molar-refractivity contribution in [2.45, 2.75) is 12.8 Å². The van der Waals surface area contributed by atoms with E-state index in [0.29, 0.717) is 29.7 Å². The van der Waals surface area contributed by atoms with E-state index < -0.39 is 5.97 Å². The Morgan fingerprint density at radius 3 is 2.40 bits per heavy atom. The van der Waals surface area contributed by atoms with Gasteiger partial charge in [-0.1, -0.05) is 30.3 Å². The van der Waals surface area contributed by atoms with Crippen LogP contribution in [0.15, 0.2) is 79.0 Å². The van der Waals surface area contributed by atoms with Gasteiger partial charge in [-0.2, -0.15) is 0 Å². The topological polar surface area (TPSA) is 97.8 Å². The number of carbonyl (C=O) groups is 2. The number of hydrogen-bond acceptors (Lipinski definition) is 5. The number of nitrogens with one attached hydrogen (secondary N) is 1. The summed E-state index contributed by atoms with van der Waals surface area (Å²) in [4.78, 5) is 28.0. The molecule has 4 aromatic rings. The third kappa shape index (κ3) is 6.49. The van der Waals surface area contributed by atoms with Crippen LogP contribution in [0.1, 0.15) is 22.3 Å². The van der Waals surface area contributed by atoms with Crippen molar-refractivity contribution in [3.8, 4) is 17.4 Å². The molecular weight excluding hydrogens is 468 g/mol. The first-order chi connectivity index (χ1) is 17.0. The smallest absolute Gasteiger partial charge is 0.337 e. The van der Waals surface area contributed by atoms with Gasteiger partial charge in [-0.05, 0) is 59.2 Å². The molecule has 178 valence electrons. The number of ether oxygens (including phenoxy) is 2. The van der Waals surface area contributed by atoms with Crippen molar-refractivity contribution in [3.63, 3.8) is 0 Å². The van der Waals surface area contributed by atoms with Gasteiger partial charge < -0.3 is 19.9 Å². The Hall–Kier alpha value is -4.10. The van der Waals surface area contributed by atoms with E-state index in [4.69, 9.17) is 21.1 Å². The molecule has 1 heterocycles. The summed E-state index contributed by atoms with van der Waals surface area (Å²) in [6.45, 7) is 0.579. The van der Waals surface area contributed by atoms with Gasteiger partial charge in [-0.25, -0.2) is 9.78 Å².